The quantitative estimate of drug-likeness (QED) is 0.893. The molecule has 0 spiro atoms. The van der Waals surface area contributed by atoms with Crippen molar-refractivity contribution in [3.05, 3.63) is 52.0 Å². The fraction of sp³-hybridized carbons (Fsp3) is 0.250. The van der Waals surface area contributed by atoms with E-state index in [0.717, 1.165) is 4.47 Å². The molecule has 0 heterocycles. The summed E-state index contributed by atoms with van der Waals surface area (Å²) < 4.78 is 16.5. The molecule has 0 fully saturated rings. The van der Waals surface area contributed by atoms with Crippen LogP contribution in [0.15, 0.2) is 40.9 Å². The van der Waals surface area contributed by atoms with E-state index in [1.807, 2.05) is 12.1 Å². The molecule has 2 aromatic carbocycles. The lowest BCUT2D eigenvalue weighted by Gasteiger charge is -2.18. The molecule has 0 aliphatic rings. The predicted octanol–water partition coefficient (Wildman–Crippen LogP) is 3.56. The van der Waals surface area contributed by atoms with Crippen LogP contribution in [0.2, 0.25) is 0 Å². The molecule has 0 aliphatic carbocycles. The van der Waals surface area contributed by atoms with E-state index in [4.69, 9.17) is 14.2 Å². The average Bonchev–Trinajstić information content (AvgIpc) is 2.54. The zero-order valence-electron chi connectivity index (χ0n) is 12.1. The first-order valence-corrected chi connectivity index (χ1v) is 7.13. The van der Waals surface area contributed by atoms with Crippen LogP contribution >= 0.6 is 15.9 Å². The molecule has 1 atom stereocenters. The van der Waals surface area contributed by atoms with Crippen LogP contribution < -0.4 is 14.2 Å². The molecule has 0 saturated heterocycles. The Bertz CT molecular complexity index is 628. The SMILES string of the molecule is COc1ccc(Br)c(C(O)c2cc(OC)ccc2OC)c1. The molecule has 0 aromatic heterocycles. The first kappa shape index (κ1) is 15.7. The smallest absolute Gasteiger partial charge is 0.125 e. The van der Waals surface area contributed by atoms with Gasteiger partial charge in [-0.3, -0.25) is 0 Å². The molecule has 4 nitrogen and oxygen atoms in total. The highest BCUT2D eigenvalue weighted by Gasteiger charge is 2.19. The Morgan fingerprint density at radius 1 is 0.857 bits per heavy atom. The van der Waals surface area contributed by atoms with E-state index in [1.54, 1.807) is 45.6 Å². The number of rotatable bonds is 5. The van der Waals surface area contributed by atoms with Crippen molar-refractivity contribution in [2.24, 2.45) is 0 Å². The fourth-order valence-electron chi connectivity index (χ4n) is 2.08. The number of ether oxygens (including phenoxy) is 3. The van der Waals surface area contributed by atoms with E-state index in [9.17, 15) is 5.11 Å². The van der Waals surface area contributed by atoms with Crippen molar-refractivity contribution in [3.8, 4) is 17.2 Å². The molecular weight excluding hydrogens is 336 g/mol. The van der Waals surface area contributed by atoms with Gasteiger partial charge in [-0.1, -0.05) is 15.9 Å². The average molecular weight is 353 g/mol. The summed E-state index contributed by atoms with van der Waals surface area (Å²) in [5, 5.41) is 10.7. The Labute approximate surface area is 132 Å². The molecule has 0 aliphatic heterocycles. The third-order valence-electron chi connectivity index (χ3n) is 3.23. The first-order chi connectivity index (χ1) is 10.1. The van der Waals surface area contributed by atoms with E-state index < -0.39 is 6.10 Å². The van der Waals surface area contributed by atoms with Gasteiger partial charge in [0.15, 0.2) is 0 Å². The van der Waals surface area contributed by atoms with Crippen molar-refractivity contribution < 1.29 is 19.3 Å². The minimum atomic E-state index is -0.862. The number of hydrogen-bond donors (Lipinski definition) is 1. The van der Waals surface area contributed by atoms with Crippen molar-refractivity contribution in [1.82, 2.24) is 0 Å². The molecule has 1 N–H and O–H groups in total. The van der Waals surface area contributed by atoms with Gasteiger partial charge in [0, 0.05) is 15.6 Å². The molecule has 0 saturated carbocycles. The lowest BCUT2D eigenvalue weighted by atomic mass is 10.00. The van der Waals surface area contributed by atoms with E-state index in [-0.39, 0.29) is 0 Å². The molecule has 21 heavy (non-hydrogen) atoms. The van der Waals surface area contributed by atoms with E-state index in [1.165, 1.54) is 0 Å². The summed E-state index contributed by atoms with van der Waals surface area (Å²) in [6.07, 6.45) is -0.862. The Kier molecular flexibility index (Phi) is 5.09. The molecule has 5 heteroatoms. The van der Waals surface area contributed by atoms with Gasteiger partial charge >= 0.3 is 0 Å². The van der Waals surface area contributed by atoms with Crippen LogP contribution in [0.1, 0.15) is 17.2 Å². The summed E-state index contributed by atoms with van der Waals surface area (Å²) >= 11 is 3.45. The van der Waals surface area contributed by atoms with Crippen molar-refractivity contribution >= 4 is 15.9 Å². The first-order valence-electron chi connectivity index (χ1n) is 6.34. The highest BCUT2D eigenvalue weighted by molar-refractivity contribution is 9.10. The van der Waals surface area contributed by atoms with Crippen LogP contribution in [0, 0.1) is 0 Å². The van der Waals surface area contributed by atoms with Crippen LogP contribution in [0.4, 0.5) is 0 Å². The third kappa shape index (κ3) is 3.31. The monoisotopic (exact) mass is 352 g/mol. The Balaban J connectivity index is 2.50. The van der Waals surface area contributed by atoms with Gasteiger partial charge in [-0.15, -0.1) is 0 Å². The summed E-state index contributed by atoms with van der Waals surface area (Å²) in [6.45, 7) is 0. The number of hydrogen-bond acceptors (Lipinski definition) is 4. The highest BCUT2D eigenvalue weighted by atomic mass is 79.9. The number of benzene rings is 2. The van der Waals surface area contributed by atoms with Crippen molar-refractivity contribution in [2.45, 2.75) is 6.10 Å². The maximum Gasteiger partial charge on any atom is 0.125 e. The summed E-state index contributed by atoms with van der Waals surface area (Å²) in [7, 11) is 4.74. The van der Waals surface area contributed by atoms with Crippen LogP contribution in [-0.2, 0) is 0 Å². The summed E-state index contributed by atoms with van der Waals surface area (Å²) in [5.41, 5.74) is 1.33. The molecule has 0 radical (unpaired) electrons. The second-order valence-electron chi connectivity index (χ2n) is 4.40. The molecule has 0 bridgehead atoms. The minimum absolute atomic E-state index is 0.595. The van der Waals surface area contributed by atoms with Gasteiger partial charge in [-0.05, 0) is 36.4 Å². The summed E-state index contributed by atoms with van der Waals surface area (Å²) in [6, 6.07) is 10.8. The van der Waals surface area contributed by atoms with Gasteiger partial charge in [0.05, 0.1) is 21.3 Å². The van der Waals surface area contributed by atoms with E-state index in [2.05, 4.69) is 15.9 Å². The third-order valence-corrected chi connectivity index (χ3v) is 3.95. The van der Waals surface area contributed by atoms with Gasteiger partial charge in [0.1, 0.15) is 23.4 Å². The molecule has 2 rings (SSSR count). The normalized spacial score (nSPS) is 11.9. The van der Waals surface area contributed by atoms with Gasteiger partial charge in [-0.2, -0.15) is 0 Å². The van der Waals surface area contributed by atoms with Gasteiger partial charge < -0.3 is 19.3 Å². The Morgan fingerprint density at radius 3 is 2.00 bits per heavy atom. The summed E-state index contributed by atoms with van der Waals surface area (Å²) in [4.78, 5) is 0. The zero-order chi connectivity index (χ0) is 15.4. The van der Waals surface area contributed by atoms with Gasteiger partial charge in [-0.25, -0.2) is 0 Å². The molecule has 2 aromatic rings. The highest BCUT2D eigenvalue weighted by Crippen LogP contribution is 2.37. The van der Waals surface area contributed by atoms with E-state index in [0.29, 0.717) is 28.4 Å². The number of halogens is 1. The largest absolute Gasteiger partial charge is 0.497 e. The predicted molar refractivity (Wildman–Crippen MR) is 84.3 cm³/mol. The number of methoxy groups -OCH3 is 3. The zero-order valence-corrected chi connectivity index (χ0v) is 13.7. The molecule has 1 unspecified atom stereocenters. The Morgan fingerprint density at radius 2 is 1.43 bits per heavy atom. The van der Waals surface area contributed by atoms with Crippen molar-refractivity contribution in [2.75, 3.05) is 21.3 Å². The van der Waals surface area contributed by atoms with Crippen molar-refractivity contribution in [3.63, 3.8) is 0 Å². The van der Waals surface area contributed by atoms with E-state index >= 15 is 0 Å². The lowest BCUT2D eigenvalue weighted by Crippen LogP contribution is -2.04. The van der Waals surface area contributed by atoms with Crippen LogP contribution in [-0.4, -0.2) is 26.4 Å². The number of aliphatic hydroxyl groups is 1. The van der Waals surface area contributed by atoms with Crippen molar-refractivity contribution in [1.29, 1.82) is 0 Å². The standard InChI is InChI=1S/C16H17BrO4/c1-19-10-4-6-14(17)12(8-10)16(18)13-9-11(20-2)5-7-15(13)21-3/h4-9,16,18H,1-3H3. The maximum atomic E-state index is 10.7. The molecule has 112 valence electrons. The fourth-order valence-corrected chi connectivity index (χ4v) is 2.54. The van der Waals surface area contributed by atoms with Crippen LogP contribution in [0.3, 0.4) is 0 Å². The second-order valence-corrected chi connectivity index (χ2v) is 5.25. The minimum Gasteiger partial charge on any atom is -0.497 e. The van der Waals surface area contributed by atoms with Crippen LogP contribution in [0.5, 0.6) is 17.2 Å². The van der Waals surface area contributed by atoms with Gasteiger partial charge in [0.25, 0.3) is 0 Å². The molecule has 0 amide bonds. The van der Waals surface area contributed by atoms with Crippen LogP contribution in [0.25, 0.3) is 0 Å². The number of aliphatic hydroxyl groups excluding tert-OH is 1. The lowest BCUT2D eigenvalue weighted by molar-refractivity contribution is 0.213. The summed E-state index contributed by atoms with van der Waals surface area (Å²) in [5.74, 6) is 1.93. The van der Waals surface area contributed by atoms with Gasteiger partial charge in [0.2, 0.25) is 0 Å². The maximum absolute atomic E-state index is 10.7. The topological polar surface area (TPSA) is 47.9 Å². The Hall–Kier alpha value is -1.72. The second kappa shape index (κ2) is 6.83. The molecular formula is C16H17BrO4.